The normalized spacial score (nSPS) is 13.2. The predicted octanol–water partition coefficient (Wildman–Crippen LogP) is 19.3. The molecule has 2 nitrogen and oxygen atoms in total. The molecule has 0 spiro atoms. The van der Waals surface area contributed by atoms with Gasteiger partial charge in [-0.25, -0.2) is 0 Å². The van der Waals surface area contributed by atoms with Crippen LogP contribution in [0.1, 0.15) is 17.9 Å². The number of rotatable bonds is 10. The summed E-state index contributed by atoms with van der Waals surface area (Å²) in [6, 6.07) is 95.6. The van der Waals surface area contributed by atoms with Crippen molar-refractivity contribution < 1.29 is 0 Å². The largest absolute Gasteiger partial charge is 0.310 e. The van der Waals surface area contributed by atoms with Gasteiger partial charge in [-0.05, 0) is 140 Å². The molecular weight excluding hydrogens is 869 g/mol. The first-order valence-corrected chi connectivity index (χ1v) is 25.0. The van der Waals surface area contributed by atoms with E-state index in [2.05, 4.69) is 295 Å². The molecule has 1 aromatic heterocycles. The van der Waals surface area contributed by atoms with Crippen molar-refractivity contribution in [2.24, 2.45) is 0 Å². The number of aromatic nitrogens is 1. The molecule has 340 valence electrons. The highest BCUT2D eigenvalue weighted by Crippen LogP contribution is 2.45. The van der Waals surface area contributed by atoms with Gasteiger partial charge in [-0.15, -0.1) is 0 Å². The average Bonchev–Trinajstić information content (AvgIpc) is 3.82. The Hall–Kier alpha value is -9.24. The van der Waals surface area contributed by atoms with Gasteiger partial charge in [-0.3, -0.25) is 0 Å². The van der Waals surface area contributed by atoms with Crippen molar-refractivity contribution in [1.29, 1.82) is 0 Å². The van der Waals surface area contributed by atoms with Crippen LogP contribution in [-0.2, 0) is 0 Å². The fourth-order valence-corrected chi connectivity index (χ4v) is 11.0. The van der Waals surface area contributed by atoms with Crippen molar-refractivity contribution in [1.82, 2.24) is 4.57 Å². The molecule has 72 heavy (non-hydrogen) atoms. The number of fused-ring (bicyclic) bond motifs is 5. The summed E-state index contributed by atoms with van der Waals surface area (Å²) < 4.78 is 2.45. The van der Waals surface area contributed by atoms with E-state index in [0.717, 1.165) is 34.7 Å². The fourth-order valence-electron chi connectivity index (χ4n) is 11.0. The molecule has 1 aliphatic rings. The molecule has 12 aromatic rings. The van der Waals surface area contributed by atoms with Crippen LogP contribution in [0.4, 0.5) is 17.1 Å². The molecule has 13 rings (SSSR count). The lowest BCUT2D eigenvalue weighted by atomic mass is 9.87. The average molecular weight is 919 g/mol. The summed E-state index contributed by atoms with van der Waals surface area (Å²) in [6.45, 7) is 0. The van der Waals surface area contributed by atoms with Crippen LogP contribution in [0.2, 0.25) is 0 Å². The summed E-state index contributed by atoms with van der Waals surface area (Å²) in [6.07, 6.45) is 9.94. The number of benzene rings is 11. The van der Waals surface area contributed by atoms with Gasteiger partial charge in [0.05, 0.1) is 11.0 Å². The van der Waals surface area contributed by atoms with Crippen LogP contribution in [0, 0.1) is 0 Å². The van der Waals surface area contributed by atoms with E-state index in [1.807, 2.05) is 0 Å². The second-order valence-electron chi connectivity index (χ2n) is 18.8. The van der Waals surface area contributed by atoms with Crippen LogP contribution in [0.25, 0.3) is 93.9 Å². The van der Waals surface area contributed by atoms with E-state index in [-0.39, 0.29) is 0 Å². The van der Waals surface area contributed by atoms with E-state index >= 15 is 0 Å². The Morgan fingerprint density at radius 1 is 0.361 bits per heavy atom. The Kier molecular flexibility index (Phi) is 11.1. The predicted molar refractivity (Wildman–Crippen MR) is 306 cm³/mol. The summed E-state index contributed by atoms with van der Waals surface area (Å²) in [4.78, 5) is 2.41. The Bertz CT molecular complexity index is 3980. The first kappa shape index (κ1) is 42.8. The highest BCUT2D eigenvalue weighted by molar-refractivity contribution is 6.24. The molecule has 0 amide bonds. The van der Waals surface area contributed by atoms with Crippen LogP contribution in [0.5, 0.6) is 0 Å². The first-order valence-electron chi connectivity index (χ1n) is 25.0. The van der Waals surface area contributed by atoms with E-state index < -0.39 is 0 Å². The van der Waals surface area contributed by atoms with Gasteiger partial charge in [0.25, 0.3) is 0 Å². The second kappa shape index (κ2) is 18.6. The molecule has 0 N–H and O–H groups in total. The molecule has 0 fully saturated rings. The van der Waals surface area contributed by atoms with E-state index in [1.165, 1.54) is 88.2 Å². The Morgan fingerprint density at radius 3 is 1.60 bits per heavy atom. The maximum atomic E-state index is 2.45. The monoisotopic (exact) mass is 918 g/mol. The van der Waals surface area contributed by atoms with Gasteiger partial charge in [0, 0.05) is 44.8 Å². The van der Waals surface area contributed by atoms with Crippen LogP contribution in [-0.4, -0.2) is 4.57 Å². The molecule has 0 bridgehead atoms. The van der Waals surface area contributed by atoms with E-state index in [4.69, 9.17) is 0 Å². The lowest BCUT2D eigenvalue weighted by molar-refractivity contribution is 0.854. The van der Waals surface area contributed by atoms with Gasteiger partial charge in [-0.2, -0.15) is 0 Å². The molecule has 0 saturated heterocycles. The smallest absolute Gasteiger partial charge is 0.0625 e. The molecule has 1 atom stereocenters. The molecule has 1 heterocycles. The molecule has 0 radical (unpaired) electrons. The van der Waals surface area contributed by atoms with Crippen molar-refractivity contribution >= 4 is 49.6 Å². The summed E-state index contributed by atoms with van der Waals surface area (Å²) >= 11 is 0. The zero-order valence-electron chi connectivity index (χ0n) is 39.8. The van der Waals surface area contributed by atoms with Gasteiger partial charge in [0.2, 0.25) is 0 Å². The first-order chi connectivity index (χ1) is 35.7. The number of para-hydroxylation sites is 2. The number of allylic oxidation sites excluding steroid dienone is 4. The summed E-state index contributed by atoms with van der Waals surface area (Å²) in [5.74, 6) is 0.334. The summed E-state index contributed by atoms with van der Waals surface area (Å²) in [7, 11) is 0. The van der Waals surface area contributed by atoms with Crippen molar-refractivity contribution in [3.8, 4) is 61.3 Å². The third kappa shape index (κ3) is 7.90. The van der Waals surface area contributed by atoms with Gasteiger partial charge >= 0.3 is 0 Å². The molecule has 2 heteroatoms. The Balaban J connectivity index is 0.967. The highest BCUT2D eigenvalue weighted by atomic mass is 15.1. The minimum Gasteiger partial charge on any atom is -0.310 e. The molecule has 1 aliphatic carbocycles. The van der Waals surface area contributed by atoms with Crippen molar-refractivity contribution in [2.75, 3.05) is 4.90 Å². The minimum atomic E-state index is 0.334. The van der Waals surface area contributed by atoms with Gasteiger partial charge in [0.15, 0.2) is 0 Å². The number of nitrogens with zero attached hydrogens (tertiary/aromatic N) is 2. The third-order valence-corrected chi connectivity index (χ3v) is 14.5. The quantitative estimate of drug-likeness (QED) is 0.133. The standard InChI is InChI=1S/C70H50N2/c1-5-20-49(21-6-1)56-44-57(50-22-7-2-8-23-50)46-58(45-56)51-36-40-60(41-37-51)71(61-42-38-53(39-43-61)64-32-16-15-31-63(64)52-24-9-3-10-25-52)62-30-19-27-54(47-62)67-48-55-26-13-14-33-65(55)70-69(67)66-34-17-18-35-68(66)72(70)59-28-11-4-12-29-59/h1-22,24-48,50H,23H2. The molecule has 11 aromatic carbocycles. The maximum absolute atomic E-state index is 2.45. The van der Waals surface area contributed by atoms with Crippen LogP contribution < -0.4 is 4.90 Å². The summed E-state index contributed by atoms with van der Waals surface area (Å²) in [5, 5.41) is 4.92. The highest BCUT2D eigenvalue weighted by Gasteiger charge is 2.22. The maximum Gasteiger partial charge on any atom is 0.0625 e. The Morgan fingerprint density at radius 2 is 0.917 bits per heavy atom. The van der Waals surface area contributed by atoms with Crippen molar-refractivity contribution in [2.45, 2.75) is 12.3 Å². The molecule has 1 unspecified atom stereocenters. The number of anilines is 3. The number of hydrogen-bond donors (Lipinski definition) is 0. The zero-order valence-corrected chi connectivity index (χ0v) is 39.8. The van der Waals surface area contributed by atoms with Gasteiger partial charge in [-0.1, -0.05) is 218 Å². The molecule has 0 saturated carbocycles. The third-order valence-electron chi connectivity index (χ3n) is 14.5. The van der Waals surface area contributed by atoms with Crippen LogP contribution in [0.3, 0.4) is 0 Å². The van der Waals surface area contributed by atoms with E-state index in [9.17, 15) is 0 Å². The molecule has 0 aliphatic heterocycles. The zero-order chi connectivity index (χ0) is 47.8. The van der Waals surface area contributed by atoms with Crippen molar-refractivity contribution in [3.05, 3.63) is 291 Å². The van der Waals surface area contributed by atoms with Gasteiger partial charge in [0.1, 0.15) is 0 Å². The van der Waals surface area contributed by atoms with Crippen molar-refractivity contribution in [3.63, 3.8) is 0 Å². The number of hydrogen-bond acceptors (Lipinski definition) is 1. The summed E-state index contributed by atoms with van der Waals surface area (Å²) in [5.41, 5.74) is 20.2. The van der Waals surface area contributed by atoms with Crippen LogP contribution in [0.15, 0.2) is 285 Å². The topological polar surface area (TPSA) is 8.17 Å². The van der Waals surface area contributed by atoms with E-state index in [0.29, 0.717) is 5.92 Å². The SMILES string of the molecule is C1=CCC(c2cc(-c3ccccc3)cc(-c3ccc(N(c4ccc(-c5ccccc5-c5ccccc5)cc4)c4cccc(-c5cc6ccccc6c6c5c5ccccc5n6-c5ccccc5)c4)cc3)c2)C=C1. The fraction of sp³-hybridized carbons (Fsp3) is 0.0286. The lowest BCUT2D eigenvalue weighted by Crippen LogP contribution is -2.10. The minimum absolute atomic E-state index is 0.334. The Labute approximate surface area is 421 Å². The molecular formula is C70H50N2. The van der Waals surface area contributed by atoms with Crippen LogP contribution >= 0.6 is 0 Å². The second-order valence-corrected chi connectivity index (χ2v) is 18.8. The van der Waals surface area contributed by atoms with Gasteiger partial charge < -0.3 is 9.47 Å². The lowest BCUT2D eigenvalue weighted by Gasteiger charge is -2.27. The van der Waals surface area contributed by atoms with E-state index in [1.54, 1.807) is 0 Å².